The van der Waals surface area contributed by atoms with E-state index >= 15 is 0 Å². The molecule has 25 heavy (non-hydrogen) atoms. The fourth-order valence-corrected chi connectivity index (χ4v) is 4.46. The number of rotatable bonds is 5. The quantitative estimate of drug-likeness (QED) is 0.800. The van der Waals surface area contributed by atoms with Gasteiger partial charge in [0.1, 0.15) is 0 Å². The lowest BCUT2D eigenvalue weighted by molar-refractivity contribution is 0.0773. The number of aliphatic hydroxyl groups excluding tert-OH is 1. The minimum Gasteiger partial charge on any atom is -0.396 e. The Hall–Kier alpha value is -1.08. The van der Waals surface area contributed by atoms with Crippen LogP contribution in [0.25, 0.3) is 0 Å². The number of aliphatic hydroxyl groups is 1. The molecule has 0 aliphatic carbocycles. The van der Waals surface area contributed by atoms with E-state index in [1.54, 1.807) is 11.8 Å². The first kappa shape index (κ1) is 18.7. The molecular weight excluding hydrogens is 334 g/mol. The third kappa shape index (κ3) is 4.37. The van der Waals surface area contributed by atoms with Gasteiger partial charge in [-0.15, -0.1) is 11.8 Å². The van der Waals surface area contributed by atoms with E-state index in [0.717, 1.165) is 49.7 Å². The second-order valence-corrected chi connectivity index (χ2v) is 8.07. The van der Waals surface area contributed by atoms with Gasteiger partial charge in [-0.2, -0.15) is 0 Å². The molecule has 1 aromatic carbocycles. The Morgan fingerprint density at radius 3 is 2.52 bits per heavy atom. The molecule has 0 radical (unpaired) electrons. The Balaban J connectivity index is 1.65. The Bertz CT molecular complexity index is 590. The molecule has 0 aromatic heterocycles. The molecule has 1 amide bonds. The Morgan fingerprint density at radius 1 is 1.16 bits per heavy atom. The number of hydrogen-bond donors (Lipinski definition) is 1. The third-order valence-electron chi connectivity index (χ3n) is 5.52. The second kappa shape index (κ2) is 8.54. The van der Waals surface area contributed by atoms with Crippen molar-refractivity contribution in [2.75, 3.05) is 65.7 Å². The van der Waals surface area contributed by atoms with Crippen LogP contribution in [0.1, 0.15) is 10.4 Å². The topological polar surface area (TPSA) is 47.0 Å². The molecule has 2 aliphatic heterocycles. The molecule has 2 fully saturated rings. The van der Waals surface area contributed by atoms with E-state index in [1.165, 1.54) is 0 Å². The molecule has 3 rings (SSSR count). The van der Waals surface area contributed by atoms with Crippen LogP contribution in [0.3, 0.4) is 0 Å². The fourth-order valence-electron chi connectivity index (χ4n) is 3.87. The number of carbonyl (C=O) groups excluding carboxylic acids is 1. The molecule has 6 heteroatoms. The van der Waals surface area contributed by atoms with Crippen molar-refractivity contribution in [2.24, 2.45) is 11.8 Å². The molecule has 1 aromatic rings. The highest BCUT2D eigenvalue weighted by atomic mass is 32.2. The summed E-state index contributed by atoms with van der Waals surface area (Å²) >= 11 is 1.61. The van der Waals surface area contributed by atoms with E-state index in [-0.39, 0.29) is 18.4 Å². The van der Waals surface area contributed by atoms with E-state index < -0.39 is 0 Å². The number of amides is 1. The van der Waals surface area contributed by atoms with Gasteiger partial charge in [-0.25, -0.2) is 0 Å². The minimum atomic E-state index is 0.101. The second-order valence-electron chi connectivity index (χ2n) is 7.22. The maximum Gasteiger partial charge on any atom is 0.255 e. The Morgan fingerprint density at radius 2 is 1.84 bits per heavy atom. The molecule has 2 atom stereocenters. The highest BCUT2D eigenvalue weighted by Gasteiger charge is 2.36. The van der Waals surface area contributed by atoms with Crippen LogP contribution < -0.4 is 0 Å². The zero-order valence-corrected chi connectivity index (χ0v) is 16.0. The maximum atomic E-state index is 13.0. The summed E-state index contributed by atoms with van der Waals surface area (Å²) in [6.45, 7) is 6.90. The highest BCUT2D eigenvalue weighted by molar-refractivity contribution is 7.98. The molecule has 5 nitrogen and oxygen atoms in total. The van der Waals surface area contributed by atoms with Gasteiger partial charge in [-0.1, -0.05) is 12.1 Å². The number of benzene rings is 1. The number of piperazine rings is 1. The summed E-state index contributed by atoms with van der Waals surface area (Å²) in [5, 5.41) is 9.81. The zero-order valence-electron chi connectivity index (χ0n) is 15.2. The van der Waals surface area contributed by atoms with Gasteiger partial charge in [-0.05, 0) is 31.4 Å². The summed E-state index contributed by atoms with van der Waals surface area (Å²) < 4.78 is 0. The Kier molecular flexibility index (Phi) is 6.39. The molecule has 2 heterocycles. The lowest BCUT2D eigenvalue weighted by atomic mass is 9.96. The third-order valence-corrected chi connectivity index (χ3v) is 6.32. The summed E-state index contributed by atoms with van der Waals surface area (Å²) in [5.41, 5.74) is 0.784. The molecule has 0 saturated carbocycles. The molecule has 2 aliphatic rings. The molecule has 1 N–H and O–H groups in total. The molecule has 0 bridgehead atoms. The van der Waals surface area contributed by atoms with Crippen LogP contribution in [0.2, 0.25) is 0 Å². The first-order valence-corrected chi connectivity index (χ1v) is 10.3. The minimum absolute atomic E-state index is 0.101. The number of hydrogen-bond acceptors (Lipinski definition) is 5. The smallest absolute Gasteiger partial charge is 0.255 e. The fraction of sp³-hybridized carbons (Fsp3) is 0.632. The SMILES string of the molecule is CSc1ccccc1C(=O)N1C[C@@H](CN2CCN(C)CC2)[C@@H](CO)C1. The van der Waals surface area contributed by atoms with Gasteiger partial charge in [0.2, 0.25) is 0 Å². The molecule has 2 saturated heterocycles. The van der Waals surface area contributed by atoms with Crippen LogP contribution in [0, 0.1) is 11.8 Å². The summed E-state index contributed by atoms with van der Waals surface area (Å²) in [6, 6.07) is 7.81. The van der Waals surface area contributed by atoms with Gasteiger partial charge < -0.3 is 19.8 Å². The van der Waals surface area contributed by atoms with Crippen LogP contribution >= 0.6 is 11.8 Å². The van der Waals surface area contributed by atoms with Gasteiger partial charge in [0.05, 0.1) is 5.56 Å². The van der Waals surface area contributed by atoms with E-state index in [1.807, 2.05) is 35.4 Å². The maximum absolute atomic E-state index is 13.0. The van der Waals surface area contributed by atoms with Gasteiger partial charge in [-0.3, -0.25) is 4.79 Å². The lowest BCUT2D eigenvalue weighted by Crippen LogP contribution is -2.47. The van der Waals surface area contributed by atoms with E-state index in [0.29, 0.717) is 12.5 Å². The van der Waals surface area contributed by atoms with Crippen LogP contribution in [-0.2, 0) is 0 Å². The van der Waals surface area contributed by atoms with Gasteiger partial charge in [0, 0.05) is 63.2 Å². The zero-order chi connectivity index (χ0) is 17.8. The van der Waals surface area contributed by atoms with Crippen molar-refractivity contribution in [1.29, 1.82) is 0 Å². The largest absolute Gasteiger partial charge is 0.396 e. The van der Waals surface area contributed by atoms with E-state index in [2.05, 4.69) is 16.8 Å². The van der Waals surface area contributed by atoms with Crippen molar-refractivity contribution in [3.05, 3.63) is 29.8 Å². The van der Waals surface area contributed by atoms with Crippen LogP contribution in [0.4, 0.5) is 0 Å². The van der Waals surface area contributed by atoms with Crippen molar-refractivity contribution in [1.82, 2.24) is 14.7 Å². The molecule has 138 valence electrons. The van der Waals surface area contributed by atoms with Crippen molar-refractivity contribution in [3.8, 4) is 0 Å². The van der Waals surface area contributed by atoms with Crippen molar-refractivity contribution >= 4 is 17.7 Å². The summed E-state index contributed by atoms with van der Waals surface area (Å²) in [7, 11) is 2.16. The van der Waals surface area contributed by atoms with Gasteiger partial charge >= 0.3 is 0 Å². The number of thioether (sulfide) groups is 1. The van der Waals surface area contributed by atoms with Crippen molar-refractivity contribution < 1.29 is 9.90 Å². The average molecular weight is 364 g/mol. The van der Waals surface area contributed by atoms with Crippen LogP contribution in [0.15, 0.2) is 29.2 Å². The Labute approximate surface area is 155 Å². The normalized spacial score (nSPS) is 25.5. The number of nitrogens with zero attached hydrogens (tertiary/aromatic N) is 3. The summed E-state index contributed by atoms with van der Waals surface area (Å²) in [4.78, 5) is 20.8. The number of likely N-dealkylation sites (tertiary alicyclic amines) is 1. The molecular formula is C19H29N3O2S. The summed E-state index contributed by atoms with van der Waals surface area (Å²) in [6.07, 6.45) is 2.00. The van der Waals surface area contributed by atoms with Crippen molar-refractivity contribution in [3.63, 3.8) is 0 Å². The van der Waals surface area contributed by atoms with E-state index in [9.17, 15) is 9.90 Å². The first-order valence-electron chi connectivity index (χ1n) is 9.06. The van der Waals surface area contributed by atoms with E-state index in [4.69, 9.17) is 0 Å². The summed E-state index contributed by atoms with van der Waals surface area (Å²) in [5.74, 6) is 0.646. The van der Waals surface area contributed by atoms with Gasteiger partial charge in [0.25, 0.3) is 5.91 Å². The van der Waals surface area contributed by atoms with Crippen molar-refractivity contribution in [2.45, 2.75) is 4.90 Å². The van der Waals surface area contributed by atoms with Crippen LogP contribution in [0.5, 0.6) is 0 Å². The number of carbonyl (C=O) groups is 1. The highest BCUT2D eigenvalue weighted by Crippen LogP contribution is 2.28. The lowest BCUT2D eigenvalue weighted by Gasteiger charge is -2.34. The standard InChI is InChI=1S/C19H29N3O2S/c1-20-7-9-21(10-8-20)11-15-12-22(13-16(15)14-23)19(24)17-5-3-4-6-18(17)25-2/h3-6,15-16,23H,7-14H2,1-2H3/t15-,16-/m1/s1. The first-order chi connectivity index (χ1) is 12.1. The predicted octanol–water partition coefficient (Wildman–Crippen LogP) is 1.34. The predicted molar refractivity (Wildman–Crippen MR) is 102 cm³/mol. The number of likely N-dealkylation sites (N-methyl/N-ethyl adjacent to an activating group) is 1. The molecule has 0 unspecified atom stereocenters. The monoisotopic (exact) mass is 363 g/mol. The van der Waals surface area contributed by atoms with Gasteiger partial charge in [0.15, 0.2) is 0 Å². The van der Waals surface area contributed by atoms with Crippen LogP contribution in [-0.4, -0.2) is 91.4 Å². The average Bonchev–Trinajstić information content (AvgIpc) is 3.05. The molecule has 0 spiro atoms.